The third-order valence-corrected chi connectivity index (χ3v) is 2.26. The van der Waals surface area contributed by atoms with Crippen LogP contribution in [0, 0.1) is 10.1 Å². The first-order valence-corrected chi connectivity index (χ1v) is 4.83. The summed E-state index contributed by atoms with van der Waals surface area (Å²) in [6, 6.07) is 4.76. The minimum absolute atomic E-state index is 0.0700. The Labute approximate surface area is 87.2 Å². The van der Waals surface area contributed by atoms with Gasteiger partial charge in [0.15, 0.2) is 0 Å². The van der Waals surface area contributed by atoms with Crippen LogP contribution in [-0.4, -0.2) is 18.1 Å². The van der Waals surface area contributed by atoms with Crippen LogP contribution in [0.5, 0.6) is 5.75 Å². The molecule has 0 saturated heterocycles. The van der Waals surface area contributed by atoms with Gasteiger partial charge < -0.3 is 10.1 Å². The summed E-state index contributed by atoms with van der Waals surface area (Å²) in [6.07, 6.45) is 2.45. The SMILES string of the molecule is CNc1cc(OC2CC2)ccc1[N+](=O)[O-]. The van der Waals surface area contributed by atoms with Crippen LogP contribution in [0.4, 0.5) is 11.4 Å². The second kappa shape index (κ2) is 3.76. The van der Waals surface area contributed by atoms with Crippen molar-refractivity contribution in [1.82, 2.24) is 0 Å². The van der Waals surface area contributed by atoms with E-state index in [1.165, 1.54) is 6.07 Å². The largest absolute Gasteiger partial charge is 0.490 e. The summed E-state index contributed by atoms with van der Waals surface area (Å²) in [4.78, 5) is 10.2. The van der Waals surface area contributed by atoms with E-state index in [0.29, 0.717) is 17.5 Å². The topological polar surface area (TPSA) is 64.4 Å². The maximum Gasteiger partial charge on any atom is 0.292 e. The molecule has 2 rings (SSSR count). The van der Waals surface area contributed by atoms with E-state index in [-0.39, 0.29) is 5.69 Å². The molecule has 1 aromatic rings. The first-order valence-electron chi connectivity index (χ1n) is 4.83. The van der Waals surface area contributed by atoms with Crippen molar-refractivity contribution in [1.29, 1.82) is 0 Å². The Morgan fingerprint density at radius 3 is 2.80 bits per heavy atom. The number of rotatable bonds is 4. The molecule has 1 saturated carbocycles. The van der Waals surface area contributed by atoms with E-state index < -0.39 is 4.92 Å². The third-order valence-electron chi connectivity index (χ3n) is 2.26. The highest BCUT2D eigenvalue weighted by Gasteiger charge is 2.24. The first kappa shape index (κ1) is 9.76. The summed E-state index contributed by atoms with van der Waals surface area (Å²) in [5, 5.41) is 13.4. The second-order valence-electron chi connectivity index (χ2n) is 3.50. The van der Waals surface area contributed by atoms with E-state index in [9.17, 15) is 10.1 Å². The highest BCUT2D eigenvalue weighted by atomic mass is 16.6. The first-order chi connectivity index (χ1) is 7.20. The molecule has 1 aliphatic carbocycles. The highest BCUT2D eigenvalue weighted by molar-refractivity contribution is 5.63. The van der Waals surface area contributed by atoms with Gasteiger partial charge in [-0.3, -0.25) is 10.1 Å². The van der Waals surface area contributed by atoms with E-state index in [2.05, 4.69) is 5.32 Å². The number of nitro benzene ring substituents is 1. The van der Waals surface area contributed by atoms with Crippen LogP contribution < -0.4 is 10.1 Å². The summed E-state index contributed by atoms with van der Waals surface area (Å²) < 4.78 is 5.54. The van der Waals surface area contributed by atoms with E-state index >= 15 is 0 Å². The monoisotopic (exact) mass is 208 g/mol. The summed E-state index contributed by atoms with van der Waals surface area (Å²) in [5.74, 6) is 0.687. The van der Waals surface area contributed by atoms with E-state index in [1.807, 2.05) is 0 Å². The lowest BCUT2D eigenvalue weighted by Crippen LogP contribution is -2.00. The van der Waals surface area contributed by atoms with Gasteiger partial charge >= 0.3 is 0 Å². The van der Waals surface area contributed by atoms with Gasteiger partial charge in [0.1, 0.15) is 11.4 Å². The van der Waals surface area contributed by atoms with Crippen LogP contribution in [0.15, 0.2) is 18.2 Å². The van der Waals surface area contributed by atoms with E-state index in [0.717, 1.165) is 12.8 Å². The van der Waals surface area contributed by atoms with Crippen LogP contribution in [0.1, 0.15) is 12.8 Å². The van der Waals surface area contributed by atoms with Crippen molar-refractivity contribution in [2.75, 3.05) is 12.4 Å². The Morgan fingerprint density at radius 1 is 1.53 bits per heavy atom. The molecule has 1 aliphatic rings. The molecule has 15 heavy (non-hydrogen) atoms. The zero-order valence-electron chi connectivity index (χ0n) is 8.40. The smallest absolute Gasteiger partial charge is 0.292 e. The van der Waals surface area contributed by atoms with Gasteiger partial charge in [-0.15, -0.1) is 0 Å². The Hall–Kier alpha value is -1.78. The zero-order valence-corrected chi connectivity index (χ0v) is 8.40. The predicted molar refractivity (Wildman–Crippen MR) is 56.3 cm³/mol. The van der Waals surface area contributed by atoms with Crippen molar-refractivity contribution in [2.24, 2.45) is 0 Å². The number of hydrogen-bond donors (Lipinski definition) is 1. The van der Waals surface area contributed by atoms with Crippen molar-refractivity contribution in [3.8, 4) is 5.75 Å². The molecule has 5 heteroatoms. The summed E-state index contributed by atoms with van der Waals surface area (Å²) in [5.41, 5.74) is 0.554. The maximum absolute atomic E-state index is 10.7. The van der Waals surface area contributed by atoms with Gasteiger partial charge in [0, 0.05) is 19.2 Å². The van der Waals surface area contributed by atoms with Gasteiger partial charge in [-0.1, -0.05) is 0 Å². The summed E-state index contributed by atoms with van der Waals surface area (Å²) in [6.45, 7) is 0. The number of nitrogens with one attached hydrogen (secondary N) is 1. The summed E-state index contributed by atoms with van der Waals surface area (Å²) >= 11 is 0. The fraction of sp³-hybridized carbons (Fsp3) is 0.400. The standard InChI is InChI=1S/C10H12N2O3/c1-11-9-6-8(15-7-2-3-7)4-5-10(9)12(13)14/h4-7,11H,2-3H2,1H3. The van der Waals surface area contributed by atoms with Crippen molar-refractivity contribution in [3.63, 3.8) is 0 Å². The predicted octanol–water partition coefficient (Wildman–Crippen LogP) is 2.18. The lowest BCUT2D eigenvalue weighted by atomic mass is 10.2. The number of anilines is 1. The molecule has 5 nitrogen and oxygen atoms in total. The molecule has 0 amide bonds. The Bertz CT molecular complexity index is 388. The number of hydrogen-bond acceptors (Lipinski definition) is 4. The Kier molecular flexibility index (Phi) is 2.45. The molecule has 0 heterocycles. The molecule has 0 spiro atoms. The molecule has 1 aromatic carbocycles. The highest BCUT2D eigenvalue weighted by Crippen LogP contribution is 2.32. The van der Waals surface area contributed by atoms with Gasteiger partial charge in [0.2, 0.25) is 0 Å². The zero-order chi connectivity index (χ0) is 10.8. The van der Waals surface area contributed by atoms with Crippen molar-refractivity contribution >= 4 is 11.4 Å². The number of nitrogens with zero attached hydrogens (tertiary/aromatic N) is 1. The van der Waals surface area contributed by atoms with Gasteiger partial charge in [-0.05, 0) is 18.9 Å². The van der Waals surface area contributed by atoms with Crippen LogP contribution >= 0.6 is 0 Å². The quantitative estimate of drug-likeness (QED) is 0.608. The molecule has 0 bridgehead atoms. The third kappa shape index (κ3) is 2.18. The fourth-order valence-corrected chi connectivity index (χ4v) is 1.33. The van der Waals surface area contributed by atoms with Crippen molar-refractivity contribution in [2.45, 2.75) is 18.9 Å². The van der Waals surface area contributed by atoms with Gasteiger partial charge in [0.05, 0.1) is 11.0 Å². The van der Waals surface area contributed by atoms with E-state index in [1.54, 1.807) is 19.2 Å². The molecular formula is C10H12N2O3. The number of nitro groups is 1. The summed E-state index contributed by atoms with van der Waals surface area (Å²) in [7, 11) is 1.66. The molecule has 1 fully saturated rings. The average molecular weight is 208 g/mol. The molecule has 0 unspecified atom stereocenters. The molecule has 0 aliphatic heterocycles. The molecule has 0 radical (unpaired) electrons. The average Bonchev–Trinajstić information content (AvgIpc) is 3.01. The minimum atomic E-state index is -0.410. The van der Waals surface area contributed by atoms with Crippen LogP contribution in [-0.2, 0) is 0 Å². The molecule has 0 atom stereocenters. The number of ether oxygens (including phenoxy) is 1. The molecule has 80 valence electrons. The van der Waals surface area contributed by atoms with Gasteiger partial charge in [-0.2, -0.15) is 0 Å². The molecule has 1 N–H and O–H groups in total. The molecule has 0 aromatic heterocycles. The number of benzene rings is 1. The minimum Gasteiger partial charge on any atom is -0.490 e. The van der Waals surface area contributed by atoms with Gasteiger partial charge in [0.25, 0.3) is 5.69 Å². The Morgan fingerprint density at radius 2 is 2.27 bits per heavy atom. The van der Waals surface area contributed by atoms with Crippen molar-refractivity contribution in [3.05, 3.63) is 28.3 Å². The Balaban J connectivity index is 2.24. The van der Waals surface area contributed by atoms with Crippen LogP contribution in [0.3, 0.4) is 0 Å². The fourth-order valence-electron chi connectivity index (χ4n) is 1.33. The van der Waals surface area contributed by atoms with Crippen LogP contribution in [0.25, 0.3) is 0 Å². The normalized spacial score (nSPS) is 14.7. The van der Waals surface area contributed by atoms with E-state index in [4.69, 9.17) is 4.74 Å². The lowest BCUT2D eigenvalue weighted by molar-refractivity contribution is -0.384. The second-order valence-corrected chi connectivity index (χ2v) is 3.50. The maximum atomic E-state index is 10.7. The lowest BCUT2D eigenvalue weighted by Gasteiger charge is -2.07. The van der Waals surface area contributed by atoms with Crippen LogP contribution in [0.2, 0.25) is 0 Å². The molecular weight excluding hydrogens is 196 g/mol. The van der Waals surface area contributed by atoms with Crippen molar-refractivity contribution < 1.29 is 9.66 Å². The van der Waals surface area contributed by atoms with Gasteiger partial charge in [-0.25, -0.2) is 0 Å².